The number of aryl methyl sites for hydroxylation is 2. The first kappa shape index (κ1) is 14.8. The molecule has 3 nitrogen and oxygen atoms in total. The predicted octanol–water partition coefficient (Wildman–Crippen LogP) is 3.55. The Labute approximate surface area is 122 Å². The summed E-state index contributed by atoms with van der Waals surface area (Å²) < 4.78 is 2.07. The van der Waals surface area contributed by atoms with E-state index in [1.165, 1.54) is 16.8 Å². The van der Waals surface area contributed by atoms with E-state index in [0.717, 1.165) is 25.9 Å². The second-order valence-electron chi connectivity index (χ2n) is 5.05. The zero-order valence-electron chi connectivity index (χ0n) is 12.8. The molecule has 0 aliphatic rings. The lowest BCUT2D eigenvalue weighted by molar-refractivity contribution is 0.529. The fourth-order valence-corrected chi connectivity index (χ4v) is 2.48. The Hall–Kier alpha value is -1.61. The van der Waals surface area contributed by atoms with E-state index in [1.54, 1.807) is 0 Å². The Morgan fingerprint density at radius 1 is 1.10 bits per heavy atom. The zero-order chi connectivity index (χ0) is 14.4. The van der Waals surface area contributed by atoms with Crippen LogP contribution in [0.2, 0.25) is 0 Å². The SMILES string of the molecule is CCCNC(c1ccc(CC)cc1)c1ccnn1CC. The summed E-state index contributed by atoms with van der Waals surface area (Å²) in [6, 6.07) is 11.3. The van der Waals surface area contributed by atoms with E-state index >= 15 is 0 Å². The molecular formula is C17H25N3. The summed E-state index contributed by atoms with van der Waals surface area (Å²) in [7, 11) is 0. The molecule has 108 valence electrons. The molecule has 1 aromatic carbocycles. The van der Waals surface area contributed by atoms with Gasteiger partial charge in [0.1, 0.15) is 0 Å². The molecule has 0 fully saturated rings. The monoisotopic (exact) mass is 271 g/mol. The van der Waals surface area contributed by atoms with E-state index in [2.05, 4.69) is 66.2 Å². The highest BCUT2D eigenvalue weighted by molar-refractivity contribution is 5.30. The molecule has 0 saturated carbocycles. The lowest BCUT2D eigenvalue weighted by Gasteiger charge is -2.20. The molecule has 1 heterocycles. The van der Waals surface area contributed by atoms with Crippen LogP contribution in [0.1, 0.15) is 50.1 Å². The van der Waals surface area contributed by atoms with E-state index < -0.39 is 0 Å². The standard InChI is InChI=1S/C17H25N3/c1-4-12-18-17(16-11-13-19-20(16)6-3)15-9-7-14(5-2)8-10-15/h7-11,13,17-18H,4-6,12H2,1-3H3. The van der Waals surface area contributed by atoms with Gasteiger partial charge >= 0.3 is 0 Å². The summed E-state index contributed by atoms with van der Waals surface area (Å²) in [5, 5.41) is 8.04. The first-order valence-electron chi connectivity index (χ1n) is 7.64. The van der Waals surface area contributed by atoms with Gasteiger partial charge in [0, 0.05) is 12.7 Å². The number of aromatic nitrogens is 2. The number of hydrogen-bond acceptors (Lipinski definition) is 2. The zero-order valence-corrected chi connectivity index (χ0v) is 12.8. The number of benzene rings is 1. The highest BCUT2D eigenvalue weighted by atomic mass is 15.3. The van der Waals surface area contributed by atoms with Crippen LogP contribution in [0.4, 0.5) is 0 Å². The van der Waals surface area contributed by atoms with Crippen molar-refractivity contribution in [3.63, 3.8) is 0 Å². The molecule has 1 atom stereocenters. The van der Waals surface area contributed by atoms with Gasteiger partial charge in [-0.25, -0.2) is 0 Å². The molecule has 2 rings (SSSR count). The van der Waals surface area contributed by atoms with Crippen LogP contribution in [0.3, 0.4) is 0 Å². The first-order chi connectivity index (χ1) is 9.80. The van der Waals surface area contributed by atoms with E-state index in [1.807, 2.05) is 6.20 Å². The molecular weight excluding hydrogens is 246 g/mol. The van der Waals surface area contributed by atoms with E-state index in [-0.39, 0.29) is 6.04 Å². The Morgan fingerprint density at radius 2 is 1.85 bits per heavy atom. The van der Waals surface area contributed by atoms with Gasteiger partial charge in [0.15, 0.2) is 0 Å². The third-order valence-electron chi connectivity index (χ3n) is 3.66. The van der Waals surface area contributed by atoms with Crippen LogP contribution in [0.25, 0.3) is 0 Å². The van der Waals surface area contributed by atoms with Crippen molar-refractivity contribution in [3.8, 4) is 0 Å². The number of hydrogen-bond donors (Lipinski definition) is 1. The van der Waals surface area contributed by atoms with Gasteiger partial charge in [-0.3, -0.25) is 4.68 Å². The van der Waals surface area contributed by atoms with Gasteiger partial charge in [-0.1, -0.05) is 38.1 Å². The summed E-state index contributed by atoms with van der Waals surface area (Å²) in [5.74, 6) is 0. The van der Waals surface area contributed by atoms with Crippen molar-refractivity contribution in [2.45, 2.75) is 46.2 Å². The minimum absolute atomic E-state index is 0.225. The van der Waals surface area contributed by atoms with Crippen molar-refractivity contribution in [1.82, 2.24) is 15.1 Å². The summed E-state index contributed by atoms with van der Waals surface area (Å²) in [4.78, 5) is 0. The van der Waals surface area contributed by atoms with Crippen molar-refractivity contribution in [2.75, 3.05) is 6.54 Å². The van der Waals surface area contributed by atoms with Crippen LogP contribution in [-0.2, 0) is 13.0 Å². The topological polar surface area (TPSA) is 29.9 Å². The Bertz CT molecular complexity index is 513. The fourth-order valence-electron chi connectivity index (χ4n) is 2.48. The number of nitrogens with one attached hydrogen (secondary N) is 1. The van der Waals surface area contributed by atoms with Crippen molar-refractivity contribution >= 4 is 0 Å². The highest BCUT2D eigenvalue weighted by Crippen LogP contribution is 2.22. The van der Waals surface area contributed by atoms with Gasteiger partial charge in [-0.05, 0) is 43.5 Å². The molecule has 1 N–H and O–H groups in total. The van der Waals surface area contributed by atoms with Gasteiger partial charge in [-0.2, -0.15) is 5.10 Å². The smallest absolute Gasteiger partial charge is 0.0748 e. The van der Waals surface area contributed by atoms with E-state index in [4.69, 9.17) is 0 Å². The van der Waals surface area contributed by atoms with Crippen LogP contribution in [0.15, 0.2) is 36.5 Å². The largest absolute Gasteiger partial charge is 0.305 e. The lowest BCUT2D eigenvalue weighted by Crippen LogP contribution is -2.25. The first-order valence-corrected chi connectivity index (χ1v) is 7.64. The maximum atomic E-state index is 4.40. The maximum Gasteiger partial charge on any atom is 0.0748 e. The Balaban J connectivity index is 2.30. The molecule has 1 unspecified atom stereocenters. The highest BCUT2D eigenvalue weighted by Gasteiger charge is 2.17. The van der Waals surface area contributed by atoms with E-state index in [9.17, 15) is 0 Å². The Morgan fingerprint density at radius 3 is 2.45 bits per heavy atom. The summed E-state index contributed by atoms with van der Waals surface area (Å²) in [6.45, 7) is 8.43. The average Bonchev–Trinajstić information content (AvgIpc) is 2.96. The molecule has 20 heavy (non-hydrogen) atoms. The molecule has 0 amide bonds. The van der Waals surface area contributed by atoms with Crippen molar-refractivity contribution in [3.05, 3.63) is 53.3 Å². The molecule has 0 radical (unpaired) electrons. The quantitative estimate of drug-likeness (QED) is 0.834. The molecule has 3 heteroatoms. The summed E-state index contributed by atoms with van der Waals surface area (Å²) >= 11 is 0. The van der Waals surface area contributed by atoms with Crippen LogP contribution in [-0.4, -0.2) is 16.3 Å². The van der Waals surface area contributed by atoms with Crippen molar-refractivity contribution in [2.24, 2.45) is 0 Å². The number of nitrogens with zero attached hydrogens (tertiary/aromatic N) is 2. The minimum atomic E-state index is 0.225. The summed E-state index contributed by atoms with van der Waals surface area (Å²) in [5.41, 5.74) is 3.93. The van der Waals surface area contributed by atoms with Gasteiger partial charge in [0.25, 0.3) is 0 Å². The second kappa shape index (κ2) is 7.25. The molecule has 2 aromatic rings. The van der Waals surface area contributed by atoms with Gasteiger partial charge < -0.3 is 5.32 Å². The fraction of sp³-hybridized carbons (Fsp3) is 0.471. The third-order valence-corrected chi connectivity index (χ3v) is 3.66. The minimum Gasteiger partial charge on any atom is -0.305 e. The third kappa shape index (κ3) is 3.28. The second-order valence-corrected chi connectivity index (χ2v) is 5.05. The molecule has 0 spiro atoms. The molecule has 1 aromatic heterocycles. The van der Waals surface area contributed by atoms with Crippen molar-refractivity contribution < 1.29 is 0 Å². The molecule has 0 aliphatic carbocycles. The Kier molecular flexibility index (Phi) is 5.36. The van der Waals surface area contributed by atoms with Crippen LogP contribution in [0.5, 0.6) is 0 Å². The number of rotatable bonds is 7. The normalized spacial score (nSPS) is 12.6. The lowest BCUT2D eigenvalue weighted by atomic mass is 10.0. The van der Waals surface area contributed by atoms with Gasteiger partial charge in [0.2, 0.25) is 0 Å². The van der Waals surface area contributed by atoms with Crippen LogP contribution < -0.4 is 5.32 Å². The maximum absolute atomic E-state index is 4.40. The molecule has 0 saturated heterocycles. The molecule has 0 bridgehead atoms. The van der Waals surface area contributed by atoms with Crippen molar-refractivity contribution in [1.29, 1.82) is 0 Å². The van der Waals surface area contributed by atoms with Crippen LogP contribution >= 0.6 is 0 Å². The van der Waals surface area contributed by atoms with Gasteiger partial charge in [0.05, 0.1) is 11.7 Å². The predicted molar refractivity (Wildman–Crippen MR) is 83.9 cm³/mol. The van der Waals surface area contributed by atoms with Gasteiger partial charge in [-0.15, -0.1) is 0 Å². The van der Waals surface area contributed by atoms with E-state index in [0.29, 0.717) is 0 Å². The average molecular weight is 271 g/mol. The molecule has 0 aliphatic heterocycles. The summed E-state index contributed by atoms with van der Waals surface area (Å²) in [6.07, 6.45) is 4.10. The van der Waals surface area contributed by atoms with Crippen LogP contribution in [0, 0.1) is 0 Å².